The Balaban J connectivity index is 2.23. The highest BCUT2D eigenvalue weighted by Crippen LogP contribution is 2.29. The summed E-state index contributed by atoms with van der Waals surface area (Å²) in [5, 5.41) is 0.633. The van der Waals surface area contributed by atoms with E-state index in [9.17, 15) is 0 Å². The number of hydrogen-bond donors (Lipinski definition) is 1. The smallest absolute Gasteiger partial charge is 0.128 e. The first kappa shape index (κ1) is 13.6. The third-order valence-electron chi connectivity index (χ3n) is 2.49. The van der Waals surface area contributed by atoms with Crippen LogP contribution < -0.4 is 10.5 Å². The van der Waals surface area contributed by atoms with Crippen molar-refractivity contribution in [3.05, 3.63) is 56.6 Å². The molecular weight excluding hydrogens is 361 g/mol. The monoisotopic (exact) mass is 373 g/mol. The first-order valence-corrected chi connectivity index (χ1v) is 7.00. The molecule has 0 radical (unpaired) electrons. The molecular formula is C14H13ClINO. The fraction of sp³-hybridized carbons (Fsp3) is 0.143. The Kier molecular flexibility index (Phi) is 4.48. The molecule has 0 spiro atoms. The fourth-order valence-corrected chi connectivity index (χ4v) is 2.46. The minimum atomic E-state index is -0.0794. The van der Waals surface area contributed by atoms with Crippen LogP contribution in [0.25, 0.3) is 0 Å². The van der Waals surface area contributed by atoms with Crippen molar-refractivity contribution in [3.8, 4) is 11.5 Å². The van der Waals surface area contributed by atoms with Gasteiger partial charge in [-0.05, 0) is 65.4 Å². The van der Waals surface area contributed by atoms with Gasteiger partial charge in [-0.25, -0.2) is 0 Å². The maximum absolute atomic E-state index is 6.16. The number of ether oxygens (including phenoxy) is 1. The summed E-state index contributed by atoms with van der Waals surface area (Å²) in [6, 6.07) is 13.3. The zero-order valence-corrected chi connectivity index (χ0v) is 12.8. The Morgan fingerprint density at radius 3 is 2.50 bits per heavy atom. The van der Waals surface area contributed by atoms with E-state index in [-0.39, 0.29) is 6.04 Å². The lowest BCUT2D eigenvalue weighted by Crippen LogP contribution is -2.05. The third-order valence-corrected chi connectivity index (χ3v) is 3.49. The predicted octanol–water partition coefficient (Wildman–Crippen LogP) is 4.76. The Morgan fingerprint density at radius 1 is 1.17 bits per heavy atom. The molecule has 2 aromatic rings. The number of nitrogens with two attached hydrogens (primary N) is 1. The molecule has 0 fully saturated rings. The topological polar surface area (TPSA) is 35.2 Å². The molecule has 0 heterocycles. The van der Waals surface area contributed by atoms with Crippen LogP contribution in [0.5, 0.6) is 11.5 Å². The van der Waals surface area contributed by atoms with Gasteiger partial charge in [-0.1, -0.05) is 23.7 Å². The van der Waals surface area contributed by atoms with Gasteiger partial charge in [0.25, 0.3) is 0 Å². The second-order valence-electron chi connectivity index (χ2n) is 4.03. The van der Waals surface area contributed by atoms with Gasteiger partial charge in [0.15, 0.2) is 0 Å². The standard InChI is InChI=1S/C14H13ClINO/c1-9(17)13-6-5-12(8-14(13)15)18-11-4-2-3-10(16)7-11/h2-9H,17H2,1H3. The highest BCUT2D eigenvalue weighted by atomic mass is 127. The molecule has 0 bridgehead atoms. The molecule has 0 aromatic heterocycles. The van der Waals surface area contributed by atoms with Gasteiger partial charge in [0.1, 0.15) is 11.5 Å². The summed E-state index contributed by atoms with van der Waals surface area (Å²) >= 11 is 8.41. The van der Waals surface area contributed by atoms with Crippen LogP contribution in [0.4, 0.5) is 0 Å². The van der Waals surface area contributed by atoms with Crippen LogP contribution in [0.1, 0.15) is 18.5 Å². The summed E-state index contributed by atoms with van der Waals surface area (Å²) in [7, 11) is 0. The van der Waals surface area contributed by atoms with Crippen molar-refractivity contribution in [2.45, 2.75) is 13.0 Å². The van der Waals surface area contributed by atoms with Crippen LogP contribution in [0.3, 0.4) is 0 Å². The Bertz CT molecular complexity index is 557. The van der Waals surface area contributed by atoms with Gasteiger partial charge in [0.2, 0.25) is 0 Å². The van der Waals surface area contributed by atoms with Crippen LogP contribution in [0.2, 0.25) is 5.02 Å². The average Bonchev–Trinajstić information content (AvgIpc) is 2.28. The summed E-state index contributed by atoms with van der Waals surface area (Å²) in [6.45, 7) is 1.90. The highest BCUT2D eigenvalue weighted by molar-refractivity contribution is 14.1. The zero-order chi connectivity index (χ0) is 13.1. The van der Waals surface area contributed by atoms with Gasteiger partial charge in [-0.2, -0.15) is 0 Å². The lowest BCUT2D eigenvalue weighted by Gasteiger charge is -2.11. The molecule has 0 aliphatic heterocycles. The van der Waals surface area contributed by atoms with Crippen molar-refractivity contribution in [2.75, 3.05) is 0 Å². The van der Waals surface area contributed by atoms with Gasteiger partial charge in [0.05, 0.1) is 0 Å². The van der Waals surface area contributed by atoms with E-state index in [1.54, 1.807) is 6.07 Å². The third kappa shape index (κ3) is 3.37. The van der Waals surface area contributed by atoms with Crippen molar-refractivity contribution in [2.24, 2.45) is 5.73 Å². The summed E-state index contributed by atoms with van der Waals surface area (Å²) in [5.74, 6) is 1.51. The van der Waals surface area contributed by atoms with Crippen LogP contribution in [0, 0.1) is 3.57 Å². The summed E-state index contributed by atoms with van der Waals surface area (Å²) < 4.78 is 6.87. The molecule has 0 aliphatic rings. The fourth-order valence-electron chi connectivity index (χ4n) is 1.61. The van der Waals surface area contributed by atoms with Crippen molar-refractivity contribution in [1.29, 1.82) is 0 Å². The van der Waals surface area contributed by atoms with Crippen LogP contribution in [-0.2, 0) is 0 Å². The van der Waals surface area contributed by atoms with E-state index in [0.717, 1.165) is 14.9 Å². The summed E-state index contributed by atoms with van der Waals surface area (Å²) in [6.07, 6.45) is 0. The maximum Gasteiger partial charge on any atom is 0.128 e. The van der Waals surface area contributed by atoms with E-state index in [4.69, 9.17) is 22.1 Å². The largest absolute Gasteiger partial charge is 0.457 e. The Hall–Kier alpha value is -0.780. The lowest BCUT2D eigenvalue weighted by molar-refractivity contribution is 0.482. The summed E-state index contributed by atoms with van der Waals surface area (Å²) in [5.41, 5.74) is 6.73. The second kappa shape index (κ2) is 5.91. The first-order valence-electron chi connectivity index (χ1n) is 5.54. The quantitative estimate of drug-likeness (QED) is 0.788. The van der Waals surface area contributed by atoms with Crippen LogP contribution >= 0.6 is 34.2 Å². The van der Waals surface area contributed by atoms with E-state index in [0.29, 0.717) is 10.8 Å². The van der Waals surface area contributed by atoms with E-state index < -0.39 is 0 Å². The average molecular weight is 374 g/mol. The van der Waals surface area contributed by atoms with Crippen molar-refractivity contribution < 1.29 is 4.74 Å². The molecule has 1 unspecified atom stereocenters. The SMILES string of the molecule is CC(N)c1ccc(Oc2cccc(I)c2)cc1Cl. The molecule has 2 N–H and O–H groups in total. The number of halogens is 2. The number of benzene rings is 2. The first-order chi connectivity index (χ1) is 8.56. The van der Waals surface area contributed by atoms with Gasteiger partial charge in [-0.3, -0.25) is 0 Å². The second-order valence-corrected chi connectivity index (χ2v) is 5.68. The molecule has 2 aromatic carbocycles. The Labute approximate surface area is 125 Å². The molecule has 2 nitrogen and oxygen atoms in total. The van der Waals surface area contributed by atoms with E-state index in [2.05, 4.69) is 22.6 Å². The Morgan fingerprint density at radius 2 is 1.89 bits per heavy atom. The van der Waals surface area contributed by atoms with E-state index in [1.807, 2.05) is 43.3 Å². The van der Waals surface area contributed by atoms with Crippen LogP contribution in [-0.4, -0.2) is 0 Å². The normalized spacial score (nSPS) is 12.2. The lowest BCUT2D eigenvalue weighted by atomic mass is 10.1. The van der Waals surface area contributed by atoms with Crippen LogP contribution in [0.15, 0.2) is 42.5 Å². The molecule has 2 rings (SSSR count). The maximum atomic E-state index is 6.16. The molecule has 94 valence electrons. The van der Waals surface area contributed by atoms with Gasteiger partial charge < -0.3 is 10.5 Å². The molecule has 18 heavy (non-hydrogen) atoms. The van der Waals surface area contributed by atoms with Crippen molar-refractivity contribution in [1.82, 2.24) is 0 Å². The predicted molar refractivity (Wildman–Crippen MR) is 83.3 cm³/mol. The van der Waals surface area contributed by atoms with Gasteiger partial charge >= 0.3 is 0 Å². The van der Waals surface area contributed by atoms with E-state index >= 15 is 0 Å². The molecule has 1 atom stereocenters. The minimum absolute atomic E-state index is 0.0794. The highest BCUT2D eigenvalue weighted by Gasteiger charge is 2.07. The molecule has 0 amide bonds. The molecule has 4 heteroatoms. The molecule has 0 saturated heterocycles. The zero-order valence-electron chi connectivity index (χ0n) is 9.86. The molecule has 0 aliphatic carbocycles. The molecule has 0 saturated carbocycles. The van der Waals surface area contributed by atoms with Crippen molar-refractivity contribution >= 4 is 34.2 Å². The van der Waals surface area contributed by atoms with Crippen molar-refractivity contribution in [3.63, 3.8) is 0 Å². The van der Waals surface area contributed by atoms with E-state index in [1.165, 1.54) is 0 Å². The van der Waals surface area contributed by atoms with Gasteiger partial charge in [-0.15, -0.1) is 0 Å². The minimum Gasteiger partial charge on any atom is -0.457 e. The van der Waals surface area contributed by atoms with Gasteiger partial charge in [0, 0.05) is 14.6 Å². The summed E-state index contributed by atoms with van der Waals surface area (Å²) in [4.78, 5) is 0. The number of hydrogen-bond acceptors (Lipinski definition) is 2. The number of rotatable bonds is 3.